The zero-order valence-corrected chi connectivity index (χ0v) is 8.14. The van der Waals surface area contributed by atoms with Crippen molar-refractivity contribution in [1.29, 1.82) is 0 Å². The molecule has 0 aliphatic rings. The smallest absolute Gasteiger partial charge is 0.325 e. The molecule has 1 aromatic heterocycles. The van der Waals surface area contributed by atoms with Crippen LogP contribution < -0.4 is 10.6 Å². The number of carboxylic acids is 1. The zero-order chi connectivity index (χ0) is 10.7. The van der Waals surface area contributed by atoms with E-state index in [1.807, 2.05) is 14.1 Å². The van der Waals surface area contributed by atoms with Gasteiger partial charge in [0.25, 0.3) is 0 Å². The Morgan fingerprint density at radius 3 is 2.79 bits per heavy atom. The van der Waals surface area contributed by atoms with E-state index in [9.17, 15) is 4.79 Å². The second-order valence-electron chi connectivity index (χ2n) is 3.14. The van der Waals surface area contributed by atoms with E-state index in [1.54, 1.807) is 17.2 Å². The number of aromatic nitrogens is 1. The van der Waals surface area contributed by atoms with E-state index in [0.717, 1.165) is 5.69 Å². The molecule has 0 aliphatic heterocycles. The van der Waals surface area contributed by atoms with E-state index < -0.39 is 12.0 Å². The summed E-state index contributed by atoms with van der Waals surface area (Å²) in [6.07, 6.45) is 3.08. The van der Waals surface area contributed by atoms with Crippen LogP contribution in [0.25, 0.3) is 0 Å². The summed E-state index contributed by atoms with van der Waals surface area (Å²) in [6, 6.07) is 0.707. The second kappa shape index (κ2) is 4.06. The topological polar surface area (TPSA) is 79.5 Å². The minimum Gasteiger partial charge on any atom is -0.480 e. The highest BCUT2D eigenvalue weighted by Crippen LogP contribution is 2.22. The van der Waals surface area contributed by atoms with Crippen LogP contribution in [0.15, 0.2) is 18.5 Å². The fraction of sp³-hybridized carbons (Fsp3) is 0.333. The van der Waals surface area contributed by atoms with Crippen LogP contribution in [0.2, 0.25) is 0 Å². The molecule has 5 nitrogen and oxygen atoms in total. The molecule has 1 aromatic rings. The average Bonchev–Trinajstić information content (AvgIpc) is 2.16. The lowest BCUT2D eigenvalue weighted by Gasteiger charge is -2.18. The van der Waals surface area contributed by atoms with Crippen molar-refractivity contribution in [1.82, 2.24) is 4.98 Å². The van der Waals surface area contributed by atoms with Crippen molar-refractivity contribution < 1.29 is 9.90 Å². The van der Waals surface area contributed by atoms with Crippen LogP contribution in [-0.2, 0) is 4.79 Å². The molecule has 0 spiro atoms. The first-order valence-electron chi connectivity index (χ1n) is 4.13. The van der Waals surface area contributed by atoms with Crippen LogP contribution in [0.1, 0.15) is 11.6 Å². The van der Waals surface area contributed by atoms with Gasteiger partial charge in [-0.2, -0.15) is 0 Å². The Morgan fingerprint density at radius 1 is 1.64 bits per heavy atom. The predicted octanol–water partition coefficient (Wildman–Crippen LogP) is 0.232. The minimum atomic E-state index is -1.05. The van der Waals surface area contributed by atoms with Gasteiger partial charge in [0.15, 0.2) is 0 Å². The van der Waals surface area contributed by atoms with Crippen molar-refractivity contribution in [3.05, 3.63) is 24.0 Å². The molecule has 1 rings (SSSR count). The highest BCUT2D eigenvalue weighted by atomic mass is 16.4. The van der Waals surface area contributed by atoms with Gasteiger partial charge in [-0.05, 0) is 6.07 Å². The number of rotatable bonds is 3. The first-order chi connectivity index (χ1) is 6.54. The van der Waals surface area contributed by atoms with E-state index >= 15 is 0 Å². The number of nitrogens with two attached hydrogens (primary N) is 1. The molecule has 0 amide bonds. The Bertz CT molecular complexity index is 339. The molecule has 0 saturated carbocycles. The standard InChI is InChI=1S/C9H13N3O2/c1-12(2)7-3-4-11-5-6(7)8(10)9(13)14/h3-5,8H,10H2,1-2H3,(H,13,14). The Labute approximate surface area is 82.2 Å². The molecule has 0 radical (unpaired) electrons. The summed E-state index contributed by atoms with van der Waals surface area (Å²) in [4.78, 5) is 16.4. The number of hydrogen-bond donors (Lipinski definition) is 2. The van der Waals surface area contributed by atoms with Crippen molar-refractivity contribution in [2.75, 3.05) is 19.0 Å². The largest absolute Gasteiger partial charge is 0.480 e. The van der Waals surface area contributed by atoms with E-state index in [4.69, 9.17) is 10.8 Å². The molecule has 14 heavy (non-hydrogen) atoms. The van der Waals surface area contributed by atoms with Gasteiger partial charge >= 0.3 is 5.97 Å². The summed E-state index contributed by atoms with van der Waals surface area (Å²) >= 11 is 0. The molecule has 0 saturated heterocycles. The molecular formula is C9H13N3O2. The minimum absolute atomic E-state index is 0.519. The quantitative estimate of drug-likeness (QED) is 0.721. The Balaban J connectivity index is 3.13. The van der Waals surface area contributed by atoms with E-state index in [1.165, 1.54) is 6.20 Å². The summed E-state index contributed by atoms with van der Waals surface area (Å²) in [5.74, 6) is -1.05. The van der Waals surface area contributed by atoms with Gasteiger partial charge in [-0.3, -0.25) is 9.78 Å². The molecule has 3 N–H and O–H groups in total. The van der Waals surface area contributed by atoms with Crippen molar-refractivity contribution in [2.24, 2.45) is 5.73 Å². The molecule has 0 bridgehead atoms. The van der Waals surface area contributed by atoms with Crippen LogP contribution in [0.5, 0.6) is 0 Å². The van der Waals surface area contributed by atoms with Gasteiger partial charge in [-0.15, -0.1) is 0 Å². The summed E-state index contributed by atoms with van der Waals surface area (Å²) in [5.41, 5.74) is 6.80. The second-order valence-corrected chi connectivity index (χ2v) is 3.14. The van der Waals surface area contributed by atoms with Crippen LogP contribution in [0.4, 0.5) is 5.69 Å². The number of anilines is 1. The fourth-order valence-corrected chi connectivity index (χ4v) is 1.18. The van der Waals surface area contributed by atoms with E-state index in [0.29, 0.717) is 5.56 Å². The number of aliphatic carboxylic acids is 1. The lowest BCUT2D eigenvalue weighted by molar-refractivity contribution is -0.138. The third-order valence-electron chi connectivity index (χ3n) is 1.91. The van der Waals surface area contributed by atoms with Gasteiger partial charge in [-0.25, -0.2) is 0 Å². The maximum atomic E-state index is 10.7. The van der Waals surface area contributed by atoms with Gasteiger partial charge in [0.1, 0.15) is 6.04 Å². The first kappa shape index (κ1) is 10.5. The maximum Gasteiger partial charge on any atom is 0.325 e. The summed E-state index contributed by atoms with van der Waals surface area (Å²) in [5, 5.41) is 8.77. The summed E-state index contributed by atoms with van der Waals surface area (Å²) in [6.45, 7) is 0. The number of carboxylic acid groups (broad SMARTS) is 1. The Hall–Kier alpha value is -1.62. The summed E-state index contributed by atoms with van der Waals surface area (Å²) < 4.78 is 0. The monoisotopic (exact) mass is 195 g/mol. The molecular weight excluding hydrogens is 182 g/mol. The molecule has 76 valence electrons. The van der Waals surface area contributed by atoms with Crippen molar-refractivity contribution in [2.45, 2.75) is 6.04 Å². The van der Waals surface area contributed by atoms with E-state index in [2.05, 4.69) is 4.98 Å². The average molecular weight is 195 g/mol. The van der Waals surface area contributed by atoms with Gasteiger partial charge in [0.2, 0.25) is 0 Å². The predicted molar refractivity (Wildman–Crippen MR) is 53.1 cm³/mol. The number of pyridine rings is 1. The lowest BCUT2D eigenvalue weighted by Crippen LogP contribution is -2.24. The molecule has 1 heterocycles. The van der Waals surface area contributed by atoms with Crippen LogP contribution in [0.3, 0.4) is 0 Å². The maximum absolute atomic E-state index is 10.7. The number of hydrogen-bond acceptors (Lipinski definition) is 4. The molecule has 0 aliphatic carbocycles. The SMILES string of the molecule is CN(C)c1ccncc1C(N)C(=O)O. The molecule has 1 unspecified atom stereocenters. The normalized spacial score (nSPS) is 12.2. The number of nitrogens with zero attached hydrogens (tertiary/aromatic N) is 2. The van der Waals surface area contributed by atoms with Gasteiger partial charge in [0, 0.05) is 37.7 Å². The molecule has 5 heteroatoms. The third-order valence-corrected chi connectivity index (χ3v) is 1.91. The number of carbonyl (C=O) groups is 1. The molecule has 0 fully saturated rings. The van der Waals surface area contributed by atoms with Gasteiger partial charge < -0.3 is 15.7 Å². The molecule has 1 atom stereocenters. The van der Waals surface area contributed by atoms with E-state index in [-0.39, 0.29) is 0 Å². The van der Waals surface area contributed by atoms with Crippen LogP contribution >= 0.6 is 0 Å². The first-order valence-corrected chi connectivity index (χ1v) is 4.13. The highest BCUT2D eigenvalue weighted by molar-refractivity contribution is 5.78. The molecule has 0 aromatic carbocycles. The van der Waals surface area contributed by atoms with Crippen molar-refractivity contribution in [3.63, 3.8) is 0 Å². The fourth-order valence-electron chi connectivity index (χ4n) is 1.18. The van der Waals surface area contributed by atoms with Crippen molar-refractivity contribution in [3.8, 4) is 0 Å². The zero-order valence-electron chi connectivity index (χ0n) is 8.14. The highest BCUT2D eigenvalue weighted by Gasteiger charge is 2.18. The Morgan fingerprint density at radius 2 is 2.29 bits per heavy atom. The Kier molecular flexibility index (Phi) is 3.03. The lowest BCUT2D eigenvalue weighted by atomic mass is 10.1. The third kappa shape index (κ3) is 2.00. The van der Waals surface area contributed by atoms with Crippen LogP contribution in [-0.4, -0.2) is 30.2 Å². The van der Waals surface area contributed by atoms with Crippen LogP contribution in [0, 0.1) is 0 Å². The van der Waals surface area contributed by atoms with Crippen molar-refractivity contribution >= 4 is 11.7 Å². The summed E-state index contributed by atoms with van der Waals surface area (Å²) in [7, 11) is 3.65. The van der Waals surface area contributed by atoms with Gasteiger partial charge in [-0.1, -0.05) is 0 Å². The van der Waals surface area contributed by atoms with Gasteiger partial charge in [0.05, 0.1) is 0 Å².